The van der Waals surface area contributed by atoms with E-state index in [0.717, 1.165) is 10.1 Å². The molecule has 0 fully saturated rings. The maximum Gasteiger partial charge on any atom is 0.355 e. The van der Waals surface area contributed by atoms with Gasteiger partial charge in [0.05, 0.1) is 17.8 Å². The van der Waals surface area contributed by atoms with Crippen LogP contribution in [0.1, 0.15) is 42.9 Å². The monoisotopic (exact) mass is 597 g/mol. The smallest absolute Gasteiger partial charge is 0.355 e. The van der Waals surface area contributed by atoms with E-state index in [-0.39, 0.29) is 11.7 Å². The van der Waals surface area contributed by atoms with Crippen molar-refractivity contribution in [3.63, 3.8) is 0 Å². The highest BCUT2D eigenvalue weighted by molar-refractivity contribution is 7.21. The van der Waals surface area contributed by atoms with Crippen LogP contribution < -0.4 is 20.2 Å². The summed E-state index contributed by atoms with van der Waals surface area (Å²) in [5.41, 5.74) is 4.54. The quantitative estimate of drug-likeness (QED) is 0.0809. The van der Waals surface area contributed by atoms with Crippen LogP contribution in [0.15, 0.2) is 102 Å². The van der Waals surface area contributed by atoms with Crippen LogP contribution in [0.5, 0.6) is 11.5 Å². The number of nitrogens with zero attached hydrogens (tertiary/aromatic N) is 1. The van der Waals surface area contributed by atoms with Gasteiger partial charge in [0.15, 0.2) is 11.5 Å². The number of benzene rings is 4. The van der Waals surface area contributed by atoms with Crippen LogP contribution in [-0.4, -0.2) is 30.6 Å². The molecule has 10 heteroatoms. The number of halogens is 1. The first-order chi connectivity index (χ1) is 20.4. The lowest BCUT2D eigenvalue weighted by atomic mass is 10.1. The summed E-state index contributed by atoms with van der Waals surface area (Å²) >= 11 is 7.69. The minimum Gasteiger partial charge on any atom is -0.490 e. The van der Waals surface area contributed by atoms with E-state index >= 15 is 0 Å². The summed E-state index contributed by atoms with van der Waals surface area (Å²) in [6.07, 6.45) is 1.45. The first-order valence-corrected chi connectivity index (χ1v) is 14.1. The molecule has 2 amide bonds. The molecular weight excluding hydrogens is 574 g/mol. The molecule has 0 aliphatic heterocycles. The van der Waals surface area contributed by atoms with Gasteiger partial charge in [0, 0.05) is 26.9 Å². The van der Waals surface area contributed by atoms with Crippen LogP contribution in [-0.2, 0) is 0 Å². The number of carbonyl (C=O) groups excluding carboxylic acids is 3. The number of fused-ring (bicyclic) bond motifs is 1. The highest BCUT2D eigenvalue weighted by Crippen LogP contribution is 2.37. The maximum atomic E-state index is 12.9. The van der Waals surface area contributed by atoms with Crippen LogP contribution in [0.3, 0.4) is 0 Å². The normalized spacial score (nSPS) is 10.9. The lowest BCUT2D eigenvalue weighted by Gasteiger charge is -2.11. The fraction of sp³-hybridized carbons (Fsp3) is 0.0625. The van der Waals surface area contributed by atoms with Gasteiger partial charge in [0.1, 0.15) is 4.88 Å². The Morgan fingerprint density at radius 2 is 1.57 bits per heavy atom. The third-order valence-corrected chi connectivity index (χ3v) is 7.67. The van der Waals surface area contributed by atoms with Gasteiger partial charge < -0.3 is 14.8 Å². The van der Waals surface area contributed by atoms with Gasteiger partial charge in [-0.25, -0.2) is 10.2 Å². The fourth-order valence-corrected chi connectivity index (χ4v) is 5.36. The fourth-order valence-electron chi connectivity index (χ4n) is 3.98. The second kappa shape index (κ2) is 13.1. The van der Waals surface area contributed by atoms with Gasteiger partial charge in [-0.15, -0.1) is 11.3 Å². The molecule has 5 aromatic rings. The van der Waals surface area contributed by atoms with Crippen molar-refractivity contribution in [3.05, 3.63) is 124 Å². The first kappa shape index (κ1) is 28.5. The van der Waals surface area contributed by atoms with E-state index in [1.165, 1.54) is 17.6 Å². The van der Waals surface area contributed by atoms with Gasteiger partial charge in [0.25, 0.3) is 11.8 Å². The van der Waals surface area contributed by atoms with Gasteiger partial charge in [-0.3, -0.25) is 9.59 Å². The van der Waals surface area contributed by atoms with Crippen LogP contribution in [0, 0.1) is 0 Å². The Balaban J connectivity index is 1.21. The van der Waals surface area contributed by atoms with Gasteiger partial charge in [-0.2, -0.15) is 5.10 Å². The van der Waals surface area contributed by atoms with E-state index in [4.69, 9.17) is 21.1 Å². The van der Waals surface area contributed by atoms with Crippen molar-refractivity contribution in [1.29, 1.82) is 0 Å². The summed E-state index contributed by atoms with van der Waals surface area (Å²) in [7, 11) is 0. The number of ether oxygens (including phenoxy) is 2. The summed E-state index contributed by atoms with van der Waals surface area (Å²) in [5.74, 6) is -0.680. The summed E-state index contributed by atoms with van der Waals surface area (Å²) in [5, 5.41) is 7.96. The molecular formula is C32H24ClN3O5S. The van der Waals surface area contributed by atoms with E-state index < -0.39 is 11.9 Å². The molecule has 4 aromatic carbocycles. The van der Waals surface area contributed by atoms with Gasteiger partial charge in [-0.05, 0) is 73.2 Å². The Labute approximate surface area is 250 Å². The molecule has 0 atom stereocenters. The number of hydrogen-bond acceptors (Lipinski definition) is 7. The summed E-state index contributed by atoms with van der Waals surface area (Å²) < 4.78 is 12.2. The molecule has 0 unspecified atom stereocenters. The Bertz CT molecular complexity index is 1790. The number of anilines is 1. The lowest BCUT2D eigenvalue weighted by molar-refractivity contribution is 0.0733. The van der Waals surface area contributed by atoms with E-state index in [0.29, 0.717) is 44.6 Å². The number of hydrazone groups is 1. The van der Waals surface area contributed by atoms with Crippen molar-refractivity contribution in [3.8, 4) is 11.5 Å². The number of carbonyl (C=O) groups is 3. The number of hydrogen-bond donors (Lipinski definition) is 2. The van der Waals surface area contributed by atoms with Crippen molar-refractivity contribution >= 4 is 62.7 Å². The Hall–Kier alpha value is -4.99. The Morgan fingerprint density at radius 3 is 2.31 bits per heavy atom. The molecule has 0 aliphatic carbocycles. The highest BCUT2D eigenvalue weighted by Gasteiger charge is 2.20. The summed E-state index contributed by atoms with van der Waals surface area (Å²) in [6, 6.07) is 27.7. The average Bonchev–Trinajstić information content (AvgIpc) is 3.35. The van der Waals surface area contributed by atoms with Crippen molar-refractivity contribution in [1.82, 2.24) is 5.43 Å². The zero-order valence-corrected chi connectivity index (χ0v) is 23.9. The van der Waals surface area contributed by atoms with Gasteiger partial charge >= 0.3 is 5.97 Å². The molecule has 2 N–H and O–H groups in total. The predicted octanol–water partition coefficient (Wildman–Crippen LogP) is 7.19. The molecule has 0 bridgehead atoms. The number of amides is 2. The average molecular weight is 598 g/mol. The maximum absolute atomic E-state index is 12.9. The molecule has 5 rings (SSSR count). The van der Waals surface area contributed by atoms with Crippen molar-refractivity contribution in [2.45, 2.75) is 6.92 Å². The summed E-state index contributed by atoms with van der Waals surface area (Å²) in [6.45, 7) is 2.15. The molecule has 8 nitrogen and oxygen atoms in total. The van der Waals surface area contributed by atoms with E-state index in [9.17, 15) is 14.4 Å². The molecule has 0 saturated carbocycles. The third-order valence-electron chi connectivity index (χ3n) is 6.01. The standard InChI is InChI=1S/C32H24ClN3O5S/c1-2-40-26-18-20(12-17-25(26)41-32(39)29-28(33)24-10-6-7-11-27(24)42-29)19-34-36-31(38)22-13-15-23(16-14-22)35-30(37)21-8-4-3-5-9-21/h3-19H,2H2,1H3,(H,35,37)(H,36,38)/b34-19-. The lowest BCUT2D eigenvalue weighted by Crippen LogP contribution is -2.18. The molecule has 42 heavy (non-hydrogen) atoms. The van der Waals surface area contributed by atoms with Gasteiger partial charge in [0.2, 0.25) is 0 Å². The van der Waals surface area contributed by atoms with Crippen LogP contribution in [0.25, 0.3) is 10.1 Å². The molecule has 0 radical (unpaired) electrons. The first-order valence-electron chi connectivity index (χ1n) is 12.9. The molecule has 0 saturated heterocycles. The number of esters is 1. The number of rotatable bonds is 9. The Morgan fingerprint density at radius 1 is 0.857 bits per heavy atom. The second-order valence-electron chi connectivity index (χ2n) is 8.87. The molecule has 1 aromatic heterocycles. The van der Waals surface area contributed by atoms with E-state index in [1.807, 2.05) is 37.3 Å². The molecule has 1 heterocycles. The van der Waals surface area contributed by atoms with Crippen LogP contribution in [0.4, 0.5) is 5.69 Å². The highest BCUT2D eigenvalue weighted by atomic mass is 35.5. The van der Waals surface area contributed by atoms with Crippen LogP contribution >= 0.6 is 22.9 Å². The minimum atomic E-state index is -0.582. The van der Waals surface area contributed by atoms with Crippen molar-refractivity contribution in [2.75, 3.05) is 11.9 Å². The minimum absolute atomic E-state index is 0.232. The molecule has 210 valence electrons. The topological polar surface area (TPSA) is 106 Å². The van der Waals surface area contributed by atoms with E-state index in [2.05, 4.69) is 15.8 Å². The van der Waals surface area contributed by atoms with Crippen molar-refractivity contribution in [2.24, 2.45) is 5.10 Å². The predicted molar refractivity (Wildman–Crippen MR) is 165 cm³/mol. The van der Waals surface area contributed by atoms with Crippen LogP contribution in [0.2, 0.25) is 5.02 Å². The zero-order valence-electron chi connectivity index (χ0n) is 22.3. The summed E-state index contributed by atoms with van der Waals surface area (Å²) in [4.78, 5) is 38.1. The second-order valence-corrected chi connectivity index (χ2v) is 10.3. The third kappa shape index (κ3) is 6.65. The van der Waals surface area contributed by atoms with Crippen molar-refractivity contribution < 1.29 is 23.9 Å². The van der Waals surface area contributed by atoms with Gasteiger partial charge in [-0.1, -0.05) is 48.0 Å². The molecule has 0 aliphatic rings. The SMILES string of the molecule is CCOc1cc(/C=N\NC(=O)c2ccc(NC(=O)c3ccccc3)cc2)ccc1OC(=O)c1sc2ccccc2c1Cl. The van der Waals surface area contributed by atoms with E-state index in [1.54, 1.807) is 66.7 Å². The molecule has 0 spiro atoms. The number of nitrogens with one attached hydrogen (secondary N) is 2. The Kier molecular flexibility index (Phi) is 8.91. The number of thiophene rings is 1. The zero-order chi connectivity index (χ0) is 29.5. The largest absolute Gasteiger partial charge is 0.490 e.